The highest BCUT2D eigenvalue weighted by Crippen LogP contribution is 2.41. The van der Waals surface area contributed by atoms with E-state index in [1.54, 1.807) is 6.92 Å². The second kappa shape index (κ2) is 3.87. The molecule has 0 amide bonds. The molecule has 0 radical (unpaired) electrons. The first-order chi connectivity index (χ1) is 6.75. The van der Waals surface area contributed by atoms with Crippen LogP contribution in [0.2, 0.25) is 0 Å². The molecule has 0 heterocycles. The second-order valence-corrected chi connectivity index (χ2v) is 4.20. The molecule has 0 aromatic carbocycles. The lowest BCUT2D eigenvalue weighted by molar-refractivity contribution is -0.303. The maximum Gasteiger partial charge on any atom is 0.417 e. The average molecular weight is 221 g/mol. The van der Waals surface area contributed by atoms with Crippen molar-refractivity contribution in [1.29, 1.82) is 0 Å². The molecule has 15 heavy (non-hydrogen) atoms. The molecular weight excluding hydrogens is 209 g/mol. The minimum Gasteiger partial charge on any atom is -0.545 e. The van der Waals surface area contributed by atoms with Crippen LogP contribution in [0.25, 0.3) is 0 Å². The Hall–Kier alpha value is -1.00. The molecule has 86 valence electrons. The minimum absolute atomic E-state index is 0.597. The molecule has 0 saturated heterocycles. The Kier molecular flexibility index (Phi) is 3.11. The van der Waals surface area contributed by atoms with Gasteiger partial charge < -0.3 is 9.90 Å². The quantitative estimate of drug-likeness (QED) is 0.667. The SMILES string of the molecule is CC1(C=C(C(=O)[O-])C(F)(F)F)CCCC1. The zero-order valence-electron chi connectivity index (χ0n) is 8.36. The fraction of sp³-hybridized carbons (Fsp3) is 0.700. The predicted molar refractivity (Wildman–Crippen MR) is 45.7 cm³/mol. The standard InChI is InChI=1S/C10H13F3O2/c1-9(4-2-3-5-9)6-7(8(14)15)10(11,12)13/h6H,2-5H2,1H3,(H,14,15)/p-1. The molecule has 1 rings (SSSR count). The topological polar surface area (TPSA) is 40.1 Å². The lowest BCUT2D eigenvalue weighted by Crippen LogP contribution is -2.33. The van der Waals surface area contributed by atoms with Crippen LogP contribution in [0.4, 0.5) is 13.2 Å². The van der Waals surface area contributed by atoms with Crippen molar-refractivity contribution in [1.82, 2.24) is 0 Å². The van der Waals surface area contributed by atoms with Crippen molar-refractivity contribution in [2.75, 3.05) is 0 Å². The maximum atomic E-state index is 12.3. The average Bonchev–Trinajstić information content (AvgIpc) is 2.46. The summed E-state index contributed by atoms with van der Waals surface area (Å²) in [5, 5.41) is 10.4. The normalized spacial score (nSPS) is 21.7. The van der Waals surface area contributed by atoms with Gasteiger partial charge in [0.2, 0.25) is 0 Å². The Bertz CT molecular complexity index is 286. The number of aliphatic carboxylic acids is 1. The lowest BCUT2D eigenvalue weighted by atomic mass is 9.86. The van der Waals surface area contributed by atoms with E-state index in [0.29, 0.717) is 12.8 Å². The molecule has 0 aromatic rings. The number of allylic oxidation sites excluding steroid dienone is 1. The summed E-state index contributed by atoms with van der Waals surface area (Å²) in [6.07, 6.45) is -1.14. The molecule has 5 heteroatoms. The van der Waals surface area contributed by atoms with Crippen LogP contribution in [0, 0.1) is 5.41 Å². The third kappa shape index (κ3) is 2.97. The van der Waals surface area contributed by atoms with Gasteiger partial charge in [0.15, 0.2) is 0 Å². The number of hydrogen-bond acceptors (Lipinski definition) is 2. The summed E-state index contributed by atoms with van der Waals surface area (Å²) >= 11 is 0. The van der Waals surface area contributed by atoms with E-state index in [-0.39, 0.29) is 0 Å². The van der Waals surface area contributed by atoms with Crippen LogP contribution in [0.3, 0.4) is 0 Å². The Morgan fingerprint density at radius 1 is 1.33 bits per heavy atom. The van der Waals surface area contributed by atoms with E-state index in [1.165, 1.54) is 0 Å². The molecule has 0 aliphatic heterocycles. The van der Waals surface area contributed by atoms with Crippen molar-refractivity contribution in [2.45, 2.75) is 38.8 Å². The van der Waals surface area contributed by atoms with Gasteiger partial charge in [-0.25, -0.2) is 0 Å². The Morgan fingerprint density at radius 3 is 2.13 bits per heavy atom. The summed E-state index contributed by atoms with van der Waals surface area (Å²) in [5.41, 5.74) is -2.20. The van der Waals surface area contributed by atoms with Gasteiger partial charge in [-0.1, -0.05) is 25.8 Å². The van der Waals surface area contributed by atoms with Crippen LogP contribution in [-0.4, -0.2) is 12.1 Å². The molecule has 0 bridgehead atoms. The zero-order chi connectivity index (χ0) is 11.7. The third-order valence-corrected chi connectivity index (χ3v) is 2.76. The van der Waals surface area contributed by atoms with E-state index >= 15 is 0 Å². The van der Waals surface area contributed by atoms with Gasteiger partial charge in [-0.2, -0.15) is 13.2 Å². The van der Waals surface area contributed by atoms with Crippen LogP contribution in [-0.2, 0) is 4.79 Å². The number of carboxylic acids is 1. The largest absolute Gasteiger partial charge is 0.545 e. The fourth-order valence-electron chi connectivity index (χ4n) is 1.93. The van der Waals surface area contributed by atoms with Crippen LogP contribution in [0.15, 0.2) is 11.6 Å². The van der Waals surface area contributed by atoms with Crippen molar-refractivity contribution in [3.8, 4) is 0 Å². The van der Waals surface area contributed by atoms with E-state index in [4.69, 9.17) is 0 Å². The van der Waals surface area contributed by atoms with E-state index in [1.807, 2.05) is 0 Å². The first-order valence-electron chi connectivity index (χ1n) is 4.76. The molecule has 0 atom stereocenters. The smallest absolute Gasteiger partial charge is 0.417 e. The Labute approximate surface area is 85.8 Å². The van der Waals surface area contributed by atoms with Gasteiger partial charge in [0.1, 0.15) is 0 Å². The lowest BCUT2D eigenvalue weighted by Gasteiger charge is -2.22. The van der Waals surface area contributed by atoms with Gasteiger partial charge in [-0.3, -0.25) is 0 Å². The summed E-state index contributed by atoms with van der Waals surface area (Å²) in [5.74, 6) is -2.14. The fourth-order valence-corrected chi connectivity index (χ4v) is 1.93. The molecular formula is C10H12F3O2-. The van der Waals surface area contributed by atoms with Crippen molar-refractivity contribution in [2.24, 2.45) is 5.41 Å². The molecule has 1 fully saturated rings. The molecule has 1 saturated carbocycles. The molecule has 0 N–H and O–H groups in total. The number of carbonyl (C=O) groups is 1. The Morgan fingerprint density at radius 2 is 1.80 bits per heavy atom. The summed E-state index contributed by atoms with van der Waals surface area (Å²) < 4.78 is 36.9. The van der Waals surface area contributed by atoms with Crippen LogP contribution >= 0.6 is 0 Å². The van der Waals surface area contributed by atoms with Gasteiger partial charge in [-0.15, -0.1) is 0 Å². The molecule has 2 nitrogen and oxygen atoms in total. The highest BCUT2D eigenvalue weighted by Gasteiger charge is 2.38. The molecule has 1 aliphatic rings. The number of carbonyl (C=O) groups excluding carboxylic acids is 1. The van der Waals surface area contributed by atoms with Crippen LogP contribution in [0.1, 0.15) is 32.6 Å². The predicted octanol–water partition coefficient (Wildman–Crippen LogP) is 1.81. The summed E-state index contributed by atoms with van der Waals surface area (Å²) in [6, 6.07) is 0. The molecule has 1 aliphatic carbocycles. The third-order valence-electron chi connectivity index (χ3n) is 2.76. The highest BCUT2D eigenvalue weighted by atomic mass is 19.4. The van der Waals surface area contributed by atoms with Crippen LogP contribution in [0.5, 0.6) is 0 Å². The summed E-state index contributed by atoms with van der Waals surface area (Å²) in [4.78, 5) is 10.4. The number of carboxylic acid groups (broad SMARTS) is 1. The van der Waals surface area contributed by atoms with Gasteiger partial charge in [0.05, 0.1) is 11.5 Å². The van der Waals surface area contributed by atoms with E-state index in [0.717, 1.165) is 18.9 Å². The van der Waals surface area contributed by atoms with Crippen molar-refractivity contribution in [3.63, 3.8) is 0 Å². The molecule has 0 unspecified atom stereocenters. The van der Waals surface area contributed by atoms with Gasteiger partial charge >= 0.3 is 6.18 Å². The number of hydrogen-bond donors (Lipinski definition) is 0. The first kappa shape index (κ1) is 12.1. The minimum atomic E-state index is -4.83. The van der Waals surface area contributed by atoms with Crippen molar-refractivity contribution < 1.29 is 23.1 Å². The van der Waals surface area contributed by atoms with Gasteiger partial charge in [0.25, 0.3) is 0 Å². The van der Waals surface area contributed by atoms with Gasteiger partial charge in [-0.05, 0) is 18.3 Å². The molecule has 0 aromatic heterocycles. The van der Waals surface area contributed by atoms with E-state index in [9.17, 15) is 23.1 Å². The number of rotatable bonds is 2. The summed E-state index contributed by atoms with van der Waals surface area (Å²) in [6.45, 7) is 1.65. The molecule has 0 spiro atoms. The number of halogens is 3. The zero-order valence-corrected chi connectivity index (χ0v) is 8.36. The Balaban J connectivity index is 2.98. The van der Waals surface area contributed by atoms with Crippen molar-refractivity contribution in [3.05, 3.63) is 11.6 Å². The summed E-state index contributed by atoms with van der Waals surface area (Å²) in [7, 11) is 0. The van der Waals surface area contributed by atoms with Gasteiger partial charge in [0, 0.05) is 0 Å². The van der Waals surface area contributed by atoms with E-state index < -0.39 is 23.1 Å². The number of alkyl halides is 3. The maximum absolute atomic E-state index is 12.3. The van der Waals surface area contributed by atoms with E-state index in [2.05, 4.69) is 0 Å². The first-order valence-corrected chi connectivity index (χ1v) is 4.76. The second-order valence-electron chi connectivity index (χ2n) is 4.20. The van der Waals surface area contributed by atoms with Crippen LogP contribution < -0.4 is 5.11 Å². The monoisotopic (exact) mass is 221 g/mol. The highest BCUT2D eigenvalue weighted by molar-refractivity contribution is 5.86. The van der Waals surface area contributed by atoms with Crippen molar-refractivity contribution >= 4 is 5.97 Å².